The van der Waals surface area contributed by atoms with E-state index in [2.05, 4.69) is 20.1 Å². The molecule has 48 valence electrons. The first-order valence-corrected chi connectivity index (χ1v) is 3.78. The van der Waals surface area contributed by atoms with Crippen LogP contribution in [0.5, 0.6) is 0 Å². The maximum absolute atomic E-state index is 10.6. The summed E-state index contributed by atoms with van der Waals surface area (Å²) in [6.45, 7) is 0. The molecule has 1 aromatic heterocycles. The first kappa shape index (κ1) is 6.77. The molecule has 0 unspecified atom stereocenters. The lowest BCUT2D eigenvalue weighted by Gasteiger charge is -1.87. The third kappa shape index (κ3) is 1.53. The van der Waals surface area contributed by atoms with Gasteiger partial charge in [-0.3, -0.25) is 0 Å². The van der Waals surface area contributed by atoms with E-state index >= 15 is 0 Å². The lowest BCUT2D eigenvalue weighted by molar-refractivity contribution is 0.0782. The van der Waals surface area contributed by atoms with Crippen molar-refractivity contribution in [3.63, 3.8) is 0 Å². The third-order valence-electron chi connectivity index (χ3n) is 0.827. The van der Waals surface area contributed by atoms with Crippen molar-refractivity contribution in [3.05, 3.63) is 22.4 Å². The fraction of sp³-hybridized carbons (Fsp3) is 0. The van der Waals surface area contributed by atoms with Gasteiger partial charge in [0.1, 0.15) is 0 Å². The van der Waals surface area contributed by atoms with Crippen LogP contribution in [-0.2, 0) is 3.83 Å². The highest BCUT2D eigenvalue weighted by Crippen LogP contribution is 2.08. The third-order valence-corrected chi connectivity index (χ3v) is 1.80. The molecule has 0 aliphatic carbocycles. The van der Waals surface area contributed by atoms with E-state index in [9.17, 15) is 4.79 Å². The van der Waals surface area contributed by atoms with Gasteiger partial charge in [0.25, 0.3) is 0 Å². The molecule has 9 heavy (non-hydrogen) atoms. The van der Waals surface area contributed by atoms with Crippen LogP contribution in [0, 0.1) is 0 Å². The molecule has 0 saturated heterocycles. The van der Waals surface area contributed by atoms with Gasteiger partial charge in [-0.1, -0.05) is 0 Å². The summed E-state index contributed by atoms with van der Waals surface area (Å²) in [6, 6.07) is 1.70. The highest BCUT2D eigenvalue weighted by Gasteiger charge is 2.03. The van der Waals surface area contributed by atoms with Crippen LogP contribution in [0.4, 0.5) is 0 Å². The fourth-order valence-corrected chi connectivity index (χ4v) is 1.24. The summed E-state index contributed by atoms with van der Waals surface area (Å²) in [4.78, 5) is 10.6. The summed E-state index contributed by atoms with van der Waals surface area (Å²) >= 11 is 4.05. The van der Waals surface area contributed by atoms with Crippen molar-refractivity contribution in [3.8, 4) is 0 Å². The molecule has 0 bridgehead atoms. The molecule has 2 nitrogen and oxygen atoms in total. The minimum absolute atomic E-state index is 0.351. The normalized spacial score (nSPS) is 9.00. The Morgan fingerprint density at radius 1 is 1.78 bits per heavy atom. The number of thiophene rings is 1. The van der Waals surface area contributed by atoms with E-state index in [1.54, 1.807) is 11.4 Å². The van der Waals surface area contributed by atoms with E-state index in [0.29, 0.717) is 5.56 Å². The molecule has 0 radical (unpaired) electrons. The van der Waals surface area contributed by atoms with Crippen molar-refractivity contribution in [1.29, 1.82) is 0 Å². The van der Waals surface area contributed by atoms with E-state index in [4.69, 9.17) is 0 Å². The van der Waals surface area contributed by atoms with Gasteiger partial charge in [0.15, 0.2) is 16.3 Å². The predicted octanol–water partition coefficient (Wildman–Crippen LogP) is 2.21. The molecule has 0 fully saturated rings. The molecule has 1 heterocycles. The largest absolute Gasteiger partial charge is 0.380 e. The summed E-state index contributed by atoms with van der Waals surface area (Å²) < 4.78 is 4.27. The van der Waals surface area contributed by atoms with Gasteiger partial charge in [-0.15, -0.1) is 0 Å². The maximum Gasteiger partial charge on any atom is 0.350 e. The van der Waals surface area contributed by atoms with E-state index in [1.165, 1.54) is 11.3 Å². The van der Waals surface area contributed by atoms with Crippen LogP contribution in [-0.4, -0.2) is 5.97 Å². The van der Waals surface area contributed by atoms with Gasteiger partial charge in [0.05, 0.1) is 5.56 Å². The molecule has 0 saturated carbocycles. The second-order valence-electron chi connectivity index (χ2n) is 1.38. The summed E-state index contributed by atoms with van der Waals surface area (Å²) in [7, 11) is 0. The molecule has 0 spiro atoms. The van der Waals surface area contributed by atoms with Crippen molar-refractivity contribution in [2.24, 2.45) is 0 Å². The van der Waals surface area contributed by atoms with Gasteiger partial charge in [-0.05, 0) is 11.4 Å². The number of rotatable bonds is 1. The quantitative estimate of drug-likeness (QED) is 0.705. The number of hydrogen-bond acceptors (Lipinski definition) is 3. The smallest absolute Gasteiger partial charge is 0.350 e. The van der Waals surface area contributed by atoms with Crippen LogP contribution in [0.3, 0.4) is 0 Å². The number of carbonyl (C=O) groups excluding carboxylic acids is 1. The summed E-state index contributed by atoms with van der Waals surface area (Å²) in [5.41, 5.74) is 0.580. The Morgan fingerprint density at radius 2 is 2.56 bits per heavy atom. The molecule has 0 amide bonds. The number of halogens is 1. The molecular formula is C5H3BrO2S. The molecule has 1 rings (SSSR count). The van der Waals surface area contributed by atoms with E-state index in [0.717, 1.165) is 0 Å². The van der Waals surface area contributed by atoms with Crippen molar-refractivity contribution >= 4 is 33.6 Å². The van der Waals surface area contributed by atoms with Gasteiger partial charge in [-0.25, -0.2) is 4.79 Å². The summed E-state index contributed by atoms with van der Waals surface area (Å²) in [6.07, 6.45) is 0. The molecule has 1 aromatic rings. The Bertz CT molecular complexity index is 195. The first-order valence-electron chi connectivity index (χ1n) is 2.19. The van der Waals surface area contributed by atoms with Crippen molar-refractivity contribution < 1.29 is 8.62 Å². The van der Waals surface area contributed by atoms with Crippen LogP contribution >= 0.6 is 27.6 Å². The zero-order valence-corrected chi connectivity index (χ0v) is 6.74. The Morgan fingerprint density at radius 3 is 3.00 bits per heavy atom. The van der Waals surface area contributed by atoms with Crippen LogP contribution in [0.1, 0.15) is 10.4 Å². The second-order valence-corrected chi connectivity index (χ2v) is 2.48. The molecule has 0 atom stereocenters. The topological polar surface area (TPSA) is 26.3 Å². The van der Waals surface area contributed by atoms with Crippen LogP contribution in [0.25, 0.3) is 0 Å². The van der Waals surface area contributed by atoms with E-state index in [-0.39, 0.29) is 5.97 Å². The zero-order chi connectivity index (χ0) is 6.69. The van der Waals surface area contributed by atoms with Gasteiger partial charge in [0, 0.05) is 5.38 Å². The lowest BCUT2D eigenvalue weighted by atomic mass is 10.4. The van der Waals surface area contributed by atoms with Gasteiger partial charge >= 0.3 is 5.97 Å². The minimum atomic E-state index is -0.351. The Labute approximate surface area is 64.9 Å². The highest BCUT2D eigenvalue weighted by molar-refractivity contribution is 9.06. The highest BCUT2D eigenvalue weighted by atomic mass is 79.9. The van der Waals surface area contributed by atoms with Crippen molar-refractivity contribution in [2.75, 3.05) is 0 Å². The first-order chi connectivity index (χ1) is 4.34. The Balaban J connectivity index is 2.77. The zero-order valence-electron chi connectivity index (χ0n) is 4.33. The van der Waals surface area contributed by atoms with Gasteiger partial charge < -0.3 is 3.83 Å². The average molecular weight is 207 g/mol. The molecule has 4 heteroatoms. The Hall–Kier alpha value is -0.350. The van der Waals surface area contributed by atoms with Crippen molar-refractivity contribution in [2.45, 2.75) is 0 Å². The minimum Gasteiger partial charge on any atom is -0.380 e. The van der Waals surface area contributed by atoms with Crippen LogP contribution in [0.2, 0.25) is 0 Å². The summed E-state index contributed by atoms with van der Waals surface area (Å²) in [5, 5.41) is 3.54. The maximum atomic E-state index is 10.6. The van der Waals surface area contributed by atoms with Gasteiger partial charge in [-0.2, -0.15) is 11.3 Å². The lowest BCUT2D eigenvalue weighted by Crippen LogP contribution is -1.93. The van der Waals surface area contributed by atoms with Crippen molar-refractivity contribution in [1.82, 2.24) is 0 Å². The van der Waals surface area contributed by atoms with Crippen LogP contribution < -0.4 is 0 Å². The molecular weight excluding hydrogens is 204 g/mol. The van der Waals surface area contributed by atoms with Gasteiger partial charge in [0.2, 0.25) is 0 Å². The Kier molecular flexibility index (Phi) is 2.24. The molecule has 0 aliphatic rings. The standard InChI is InChI=1S/C5H3BrO2S/c6-8-5(7)4-1-2-9-3-4/h1-3H. The number of carbonyl (C=O) groups is 1. The van der Waals surface area contributed by atoms with Crippen LogP contribution in [0.15, 0.2) is 16.8 Å². The second kappa shape index (κ2) is 2.98. The van der Waals surface area contributed by atoms with E-state index in [1.807, 2.05) is 5.38 Å². The molecule has 0 N–H and O–H groups in total. The SMILES string of the molecule is O=C(OBr)c1ccsc1. The number of hydrogen-bond donors (Lipinski definition) is 0. The summed E-state index contributed by atoms with van der Waals surface area (Å²) in [5.74, 6) is -0.351. The molecule has 0 aromatic carbocycles. The van der Waals surface area contributed by atoms with E-state index < -0.39 is 0 Å². The average Bonchev–Trinajstić information content (AvgIpc) is 2.37. The molecule has 0 aliphatic heterocycles. The fourth-order valence-electron chi connectivity index (χ4n) is 0.425. The predicted molar refractivity (Wildman–Crippen MR) is 38.7 cm³/mol. The monoisotopic (exact) mass is 206 g/mol.